The summed E-state index contributed by atoms with van der Waals surface area (Å²) in [6, 6.07) is 6.09. The molecule has 1 atom stereocenters. The smallest absolute Gasteiger partial charge is 0.307 e. The van der Waals surface area contributed by atoms with Crippen molar-refractivity contribution in [2.24, 2.45) is 5.73 Å². The molecule has 0 aromatic heterocycles. The van der Waals surface area contributed by atoms with Crippen LogP contribution in [-0.2, 0) is 9.53 Å². The molecule has 3 N–H and O–H groups in total. The first-order valence-corrected chi connectivity index (χ1v) is 4.83. The summed E-state index contributed by atoms with van der Waals surface area (Å²) >= 11 is 0. The number of carbonyl (C=O) groups is 1. The zero-order valence-electron chi connectivity index (χ0n) is 9.05. The molecule has 4 nitrogen and oxygen atoms in total. The van der Waals surface area contributed by atoms with E-state index < -0.39 is 0 Å². The minimum Gasteiger partial charge on any atom is -0.508 e. The van der Waals surface area contributed by atoms with Crippen LogP contribution in [0, 0.1) is 0 Å². The second-order valence-electron chi connectivity index (χ2n) is 3.21. The molecule has 0 spiro atoms. The van der Waals surface area contributed by atoms with E-state index in [1.54, 1.807) is 31.2 Å². The summed E-state index contributed by atoms with van der Waals surface area (Å²) < 4.78 is 4.79. The van der Waals surface area contributed by atoms with E-state index in [0.717, 1.165) is 5.56 Å². The maximum atomic E-state index is 11.1. The Kier molecular flexibility index (Phi) is 6.53. The van der Waals surface area contributed by atoms with Crippen molar-refractivity contribution in [3.05, 3.63) is 29.8 Å². The van der Waals surface area contributed by atoms with Crippen LogP contribution >= 0.6 is 12.4 Å². The Balaban J connectivity index is 0.00000225. The van der Waals surface area contributed by atoms with Gasteiger partial charge in [-0.05, 0) is 24.6 Å². The van der Waals surface area contributed by atoms with Gasteiger partial charge in [-0.15, -0.1) is 12.4 Å². The number of hydrogen-bond acceptors (Lipinski definition) is 4. The van der Waals surface area contributed by atoms with Gasteiger partial charge in [0, 0.05) is 6.04 Å². The lowest BCUT2D eigenvalue weighted by atomic mass is 10.0. The lowest BCUT2D eigenvalue weighted by molar-refractivity contribution is -0.143. The minimum absolute atomic E-state index is 0. The number of ether oxygens (including phenoxy) is 1. The predicted molar refractivity (Wildman–Crippen MR) is 63.5 cm³/mol. The van der Waals surface area contributed by atoms with Crippen LogP contribution in [0.15, 0.2) is 24.3 Å². The highest BCUT2D eigenvalue weighted by Crippen LogP contribution is 2.17. The first kappa shape index (κ1) is 14.7. The molecule has 0 bridgehead atoms. The summed E-state index contributed by atoms with van der Waals surface area (Å²) in [5.74, 6) is -0.125. The van der Waals surface area contributed by atoms with E-state index in [1.165, 1.54) is 0 Å². The van der Waals surface area contributed by atoms with Gasteiger partial charge in [-0.1, -0.05) is 12.1 Å². The summed E-state index contributed by atoms with van der Waals surface area (Å²) in [7, 11) is 0. The van der Waals surface area contributed by atoms with Crippen molar-refractivity contribution in [1.82, 2.24) is 0 Å². The van der Waals surface area contributed by atoms with Crippen molar-refractivity contribution in [3.8, 4) is 5.75 Å². The Hall–Kier alpha value is -1.26. The van der Waals surface area contributed by atoms with Crippen LogP contribution in [0.3, 0.4) is 0 Å². The van der Waals surface area contributed by atoms with Crippen LogP contribution in [0.1, 0.15) is 24.9 Å². The van der Waals surface area contributed by atoms with Crippen LogP contribution in [0.5, 0.6) is 5.75 Å². The molecule has 0 aliphatic rings. The number of halogens is 1. The molecule has 0 saturated heterocycles. The first-order chi connectivity index (χ1) is 7.13. The van der Waals surface area contributed by atoms with E-state index >= 15 is 0 Å². The molecule has 1 rings (SSSR count). The predicted octanol–water partition coefficient (Wildman–Crippen LogP) is 1.77. The van der Waals surface area contributed by atoms with Gasteiger partial charge >= 0.3 is 5.97 Å². The van der Waals surface area contributed by atoms with Crippen molar-refractivity contribution in [3.63, 3.8) is 0 Å². The van der Waals surface area contributed by atoms with E-state index in [1.807, 2.05) is 0 Å². The molecule has 0 unspecified atom stereocenters. The molecule has 1 aromatic rings. The van der Waals surface area contributed by atoms with Crippen LogP contribution in [0.4, 0.5) is 0 Å². The zero-order valence-corrected chi connectivity index (χ0v) is 9.87. The van der Waals surface area contributed by atoms with Crippen LogP contribution in [-0.4, -0.2) is 17.7 Å². The molecule has 16 heavy (non-hydrogen) atoms. The highest BCUT2D eigenvalue weighted by atomic mass is 35.5. The standard InChI is InChI=1S/C11H15NO3.ClH/c1-2-15-11(14)7-10(12)8-3-5-9(13)6-4-8;/h3-6,10,13H,2,7,12H2,1H3;1H/t10-;/m0./s1. The van der Waals surface area contributed by atoms with Gasteiger partial charge in [-0.25, -0.2) is 0 Å². The number of phenols is 1. The van der Waals surface area contributed by atoms with Crippen LogP contribution in [0.2, 0.25) is 0 Å². The van der Waals surface area contributed by atoms with Gasteiger partial charge in [0.05, 0.1) is 13.0 Å². The Morgan fingerprint density at radius 1 is 1.44 bits per heavy atom. The highest BCUT2D eigenvalue weighted by molar-refractivity contribution is 5.85. The monoisotopic (exact) mass is 245 g/mol. The molecule has 0 amide bonds. The van der Waals surface area contributed by atoms with Crippen molar-refractivity contribution < 1.29 is 14.6 Å². The largest absolute Gasteiger partial charge is 0.508 e. The Morgan fingerprint density at radius 3 is 2.50 bits per heavy atom. The van der Waals surface area contributed by atoms with E-state index in [2.05, 4.69) is 0 Å². The zero-order chi connectivity index (χ0) is 11.3. The Labute approximate surface area is 101 Å². The number of phenolic OH excluding ortho intramolecular Hbond substituents is 1. The maximum Gasteiger partial charge on any atom is 0.307 e. The molecule has 0 aliphatic heterocycles. The van der Waals surface area contributed by atoms with E-state index in [4.69, 9.17) is 15.6 Å². The number of benzene rings is 1. The van der Waals surface area contributed by atoms with Crippen LogP contribution in [0.25, 0.3) is 0 Å². The Bertz CT molecular complexity index is 327. The number of rotatable bonds is 4. The molecule has 0 saturated carbocycles. The number of hydrogen-bond donors (Lipinski definition) is 2. The third-order valence-corrected chi connectivity index (χ3v) is 2.01. The van der Waals surface area contributed by atoms with Crippen molar-refractivity contribution in [1.29, 1.82) is 0 Å². The minimum atomic E-state index is -0.385. The molecular formula is C11H16ClNO3. The molecular weight excluding hydrogens is 230 g/mol. The fraction of sp³-hybridized carbons (Fsp3) is 0.364. The van der Waals surface area contributed by atoms with Gasteiger partial charge in [0.1, 0.15) is 5.75 Å². The average molecular weight is 246 g/mol. The van der Waals surface area contributed by atoms with E-state index in [-0.39, 0.29) is 36.6 Å². The molecule has 0 aliphatic carbocycles. The number of nitrogens with two attached hydrogens (primary N) is 1. The number of aromatic hydroxyl groups is 1. The summed E-state index contributed by atoms with van der Waals surface area (Å²) in [6.07, 6.45) is 0.151. The molecule has 0 heterocycles. The van der Waals surface area contributed by atoms with E-state index in [0.29, 0.717) is 6.61 Å². The summed E-state index contributed by atoms with van der Waals surface area (Å²) in [5, 5.41) is 9.07. The lowest BCUT2D eigenvalue weighted by Gasteiger charge is -2.10. The van der Waals surface area contributed by atoms with Gasteiger partial charge in [0.15, 0.2) is 0 Å². The van der Waals surface area contributed by atoms with Gasteiger partial charge in [-0.2, -0.15) is 0 Å². The highest BCUT2D eigenvalue weighted by Gasteiger charge is 2.11. The van der Waals surface area contributed by atoms with Crippen LogP contribution < -0.4 is 5.73 Å². The summed E-state index contributed by atoms with van der Waals surface area (Å²) in [6.45, 7) is 2.12. The topological polar surface area (TPSA) is 72.5 Å². The summed E-state index contributed by atoms with van der Waals surface area (Å²) in [5.41, 5.74) is 6.60. The molecule has 90 valence electrons. The van der Waals surface area contributed by atoms with E-state index in [9.17, 15) is 4.79 Å². The second-order valence-corrected chi connectivity index (χ2v) is 3.21. The lowest BCUT2D eigenvalue weighted by Crippen LogP contribution is -2.17. The third-order valence-electron chi connectivity index (χ3n) is 2.01. The Morgan fingerprint density at radius 2 is 2.00 bits per heavy atom. The van der Waals surface area contributed by atoms with Gasteiger partial charge in [0.2, 0.25) is 0 Å². The van der Waals surface area contributed by atoms with Gasteiger partial charge < -0.3 is 15.6 Å². The van der Waals surface area contributed by atoms with Crippen molar-refractivity contribution >= 4 is 18.4 Å². The SMILES string of the molecule is CCOC(=O)C[C@H](N)c1ccc(O)cc1.Cl. The van der Waals surface area contributed by atoms with Crippen molar-refractivity contribution in [2.45, 2.75) is 19.4 Å². The number of carbonyl (C=O) groups excluding carboxylic acids is 1. The normalized spacial score (nSPS) is 11.4. The molecule has 0 radical (unpaired) electrons. The third kappa shape index (κ3) is 4.51. The molecule has 1 aromatic carbocycles. The van der Waals surface area contributed by atoms with Gasteiger partial charge in [-0.3, -0.25) is 4.79 Å². The van der Waals surface area contributed by atoms with Crippen molar-refractivity contribution in [2.75, 3.05) is 6.61 Å². The maximum absolute atomic E-state index is 11.1. The fourth-order valence-corrected chi connectivity index (χ4v) is 1.24. The fourth-order valence-electron chi connectivity index (χ4n) is 1.24. The van der Waals surface area contributed by atoms with Gasteiger partial charge in [0.25, 0.3) is 0 Å². The summed E-state index contributed by atoms with van der Waals surface area (Å²) in [4.78, 5) is 11.1. The molecule has 0 fully saturated rings. The second kappa shape index (κ2) is 7.09. The average Bonchev–Trinajstić information content (AvgIpc) is 2.18. The quantitative estimate of drug-likeness (QED) is 0.793. The number of esters is 1. The molecule has 5 heteroatoms. The first-order valence-electron chi connectivity index (χ1n) is 4.83.